The fraction of sp³-hybridized carbons (Fsp3) is 0.407. The molecule has 10 heteroatoms. The van der Waals surface area contributed by atoms with Crippen molar-refractivity contribution in [1.82, 2.24) is 29.7 Å². The number of ether oxygens (including phenoxy) is 1. The van der Waals surface area contributed by atoms with Crippen molar-refractivity contribution in [2.75, 3.05) is 29.9 Å². The van der Waals surface area contributed by atoms with Gasteiger partial charge in [-0.1, -0.05) is 0 Å². The van der Waals surface area contributed by atoms with Crippen LogP contribution in [-0.2, 0) is 7.05 Å². The normalized spacial score (nSPS) is 15.0. The van der Waals surface area contributed by atoms with Crippen molar-refractivity contribution in [3.63, 3.8) is 0 Å². The van der Waals surface area contributed by atoms with Crippen LogP contribution in [0.3, 0.4) is 0 Å². The van der Waals surface area contributed by atoms with E-state index in [9.17, 15) is 5.26 Å². The smallest absolute Gasteiger partial charge is 0.227 e. The molecule has 0 radical (unpaired) electrons. The van der Waals surface area contributed by atoms with Gasteiger partial charge in [0.05, 0.1) is 23.8 Å². The van der Waals surface area contributed by atoms with E-state index in [2.05, 4.69) is 31.5 Å². The second-order valence-electron chi connectivity index (χ2n) is 9.78. The fourth-order valence-electron chi connectivity index (χ4n) is 4.58. The minimum Gasteiger partial charge on any atom is -0.492 e. The maximum atomic E-state index is 9.53. The average molecular weight is 498 g/mol. The molecule has 5 rings (SSSR count). The molecule has 37 heavy (non-hydrogen) atoms. The van der Waals surface area contributed by atoms with Gasteiger partial charge in [-0.25, -0.2) is 15.0 Å². The highest BCUT2D eigenvalue weighted by atomic mass is 16.5. The lowest BCUT2D eigenvalue weighted by molar-refractivity contribution is 0.336. The van der Waals surface area contributed by atoms with Crippen molar-refractivity contribution < 1.29 is 4.74 Å². The Bertz CT molecular complexity index is 1500. The van der Waals surface area contributed by atoms with Gasteiger partial charge in [-0.05, 0) is 64.8 Å². The minimum absolute atomic E-state index is 0.288. The third-order valence-corrected chi connectivity index (χ3v) is 6.99. The van der Waals surface area contributed by atoms with Gasteiger partial charge in [-0.15, -0.1) is 10.2 Å². The van der Waals surface area contributed by atoms with Crippen molar-refractivity contribution in [1.29, 1.82) is 5.26 Å². The first-order valence-electron chi connectivity index (χ1n) is 12.5. The van der Waals surface area contributed by atoms with Crippen LogP contribution in [0.15, 0.2) is 30.5 Å². The number of pyridine rings is 1. The van der Waals surface area contributed by atoms with Gasteiger partial charge in [0, 0.05) is 43.0 Å². The van der Waals surface area contributed by atoms with E-state index in [0.717, 1.165) is 71.2 Å². The summed E-state index contributed by atoms with van der Waals surface area (Å²) in [4.78, 5) is 16.5. The maximum Gasteiger partial charge on any atom is 0.227 e. The zero-order valence-electron chi connectivity index (χ0n) is 21.9. The molecule has 1 N–H and O–H groups in total. The first-order valence-corrected chi connectivity index (χ1v) is 12.5. The fourth-order valence-corrected chi connectivity index (χ4v) is 4.58. The molecule has 0 aliphatic carbocycles. The quantitative estimate of drug-likeness (QED) is 0.404. The molecule has 0 spiro atoms. The summed E-state index contributed by atoms with van der Waals surface area (Å²) >= 11 is 0. The number of anilines is 3. The number of nitrogens with zero attached hydrogens (tertiary/aromatic N) is 8. The molecule has 1 aliphatic rings. The topological polar surface area (TPSA) is 118 Å². The summed E-state index contributed by atoms with van der Waals surface area (Å²) in [6.45, 7) is 9.92. The van der Waals surface area contributed by atoms with Gasteiger partial charge in [0.15, 0.2) is 11.6 Å². The SMILES string of the molecule is CCOc1cc(-c2nnc(C)n2C)ccc1Nc1ncc2cc(C)nc(N3CCC(C)(C#N)CC3)c2n1. The van der Waals surface area contributed by atoms with Crippen LogP contribution in [0, 0.1) is 30.6 Å². The summed E-state index contributed by atoms with van der Waals surface area (Å²) in [5.41, 5.74) is 3.08. The predicted octanol–water partition coefficient (Wildman–Crippen LogP) is 4.71. The van der Waals surface area contributed by atoms with Gasteiger partial charge < -0.3 is 19.5 Å². The van der Waals surface area contributed by atoms with Crippen molar-refractivity contribution >= 4 is 28.4 Å². The van der Waals surface area contributed by atoms with Crippen molar-refractivity contribution in [3.05, 3.63) is 42.0 Å². The van der Waals surface area contributed by atoms with E-state index in [1.807, 2.05) is 69.8 Å². The number of fused-ring (bicyclic) bond motifs is 1. The Morgan fingerprint density at radius 3 is 2.59 bits per heavy atom. The Morgan fingerprint density at radius 2 is 1.92 bits per heavy atom. The molecular weight excluding hydrogens is 466 g/mol. The largest absolute Gasteiger partial charge is 0.492 e. The van der Waals surface area contributed by atoms with Crippen LogP contribution in [0.2, 0.25) is 0 Å². The molecule has 10 nitrogen and oxygen atoms in total. The Labute approximate surface area is 216 Å². The summed E-state index contributed by atoms with van der Waals surface area (Å²) < 4.78 is 7.89. The molecule has 0 unspecified atom stereocenters. The lowest BCUT2D eigenvalue weighted by atomic mass is 9.82. The van der Waals surface area contributed by atoms with Crippen LogP contribution in [-0.4, -0.2) is 49.4 Å². The molecule has 0 bridgehead atoms. The van der Waals surface area contributed by atoms with Crippen molar-refractivity contribution in [2.45, 2.75) is 40.5 Å². The molecule has 4 heterocycles. The Balaban J connectivity index is 1.48. The van der Waals surface area contributed by atoms with E-state index in [1.54, 1.807) is 0 Å². The van der Waals surface area contributed by atoms with Crippen molar-refractivity contribution in [2.24, 2.45) is 12.5 Å². The number of hydrogen-bond donors (Lipinski definition) is 1. The van der Waals surface area contributed by atoms with E-state index < -0.39 is 0 Å². The predicted molar refractivity (Wildman–Crippen MR) is 143 cm³/mol. The summed E-state index contributed by atoms with van der Waals surface area (Å²) in [5, 5.41) is 22.2. The Morgan fingerprint density at radius 1 is 1.14 bits per heavy atom. The molecule has 4 aromatic rings. The lowest BCUT2D eigenvalue weighted by Crippen LogP contribution is -2.38. The van der Waals surface area contributed by atoms with Crippen LogP contribution in [0.25, 0.3) is 22.3 Å². The molecule has 1 aliphatic heterocycles. The molecule has 0 amide bonds. The number of aryl methyl sites for hydroxylation is 2. The number of benzene rings is 1. The van der Waals surface area contributed by atoms with Gasteiger partial charge in [0.2, 0.25) is 5.95 Å². The number of nitriles is 1. The summed E-state index contributed by atoms with van der Waals surface area (Å²) in [6, 6.07) is 10.3. The Kier molecular flexibility index (Phi) is 6.38. The zero-order chi connectivity index (χ0) is 26.2. The first-order chi connectivity index (χ1) is 17.8. The lowest BCUT2D eigenvalue weighted by Gasteiger charge is -2.36. The third kappa shape index (κ3) is 4.77. The molecule has 1 saturated heterocycles. The number of rotatable bonds is 6. The molecule has 0 saturated carbocycles. The average Bonchev–Trinajstić information content (AvgIpc) is 3.23. The number of hydrogen-bond acceptors (Lipinski definition) is 9. The minimum atomic E-state index is -0.288. The first kappa shape index (κ1) is 24.4. The van der Waals surface area contributed by atoms with Crippen LogP contribution < -0.4 is 15.0 Å². The van der Waals surface area contributed by atoms with E-state index >= 15 is 0 Å². The number of piperidine rings is 1. The van der Waals surface area contributed by atoms with Crippen LogP contribution in [0.1, 0.15) is 38.2 Å². The van der Waals surface area contributed by atoms with Gasteiger partial charge >= 0.3 is 0 Å². The standard InChI is InChI=1S/C27H31N9O/c1-6-37-22-14-19(24-34-33-18(3)35(24)5)7-8-21(22)31-26-29-15-20-13-17(2)30-25(23(20)32-26)36-11-9-27(4,16-28)10-12-36/h7-8,13-15H,6,9-12H2,1-5H3,(H,29,31,32). The van der Waals surface area contributed by atoms with E-state index in [1.165, 1.54) is 0 Å². The zero-order valence-corrected chi connectivity index (χ0v) is 21.9. The highest BCUT2D eigenvalue weighted by Gasteiger charge is 2.31. The van der Waals surface area contributed by atoms with Gasteiger partial charge in [0.1, 0.15) is 17.1 Å². The number of aromatic nitrogens is 6. The Hall–Kier alpha value is -4.26. The monoisotopic (exact) mass is 497 g/mol. The summed E-state index contributed by atoms with van der Waals surface area (Å²) in [6.07, 6.45) is 3.42. The van der Waals surface area contributed by atoms with Crippen LogP contribution >= 0.6 is 0 Å². The third-order valence-electron chi connectivity index (χ3n) is 6.99. The highest BCUT2D eigenvalue weighted by molar-refractivity contribution is 5.89. The molecule has 3 aromatic heterocycles. The molecule has 1 fully saturated rings. The van der Waals surface area contributed by atoms with Crippen LogP contribution in [0.5, 0.6) is 5.75 Å². The van der Waals surface area contributed by atoms with Crippen LogP contribution in [0.4, 0.5) is 17.5 Å². The van der Waals surface area contributed by atoms with E-state index in [-0.39, 0.29) is 5.41 Å². The number of nitrogens with one attached hydrogen (secondary N) is 1. The molecular formula is C27H31N9O. The van der Waals surface area contributed by atoms with Gasteiger partial charge in [-0.2, -0.15) is 5.26 Å². The van der Waals surface area contributed by atoms with E-state index in [0.29, 0.717) is 18.3 Å². The highest BCUT2D eigenvalue weighted by Crippen LogP contribution is 2.35. The summed E-state index contributed by atoms with van der Waals surface area (Å²) in [5.74, 6) is 3.58. The summed E-state index contributed by atoms with van der Waals surface area (Å²) in [7, 11) is 1.94. The molecule has 1 aromatic carbocycles. The second kappa shape index (κ2) is 9.65. The van der Waals surface area contributed by atoms with Crippen molar-refractivity contribution in [3.8, 4) is 23.2 Å². The molecule has 190 valence electrons. The van der Waals surface area contributed by atoms with Gasteiger partial charge in [0.25, 0.3) is 0 Å². The van der Waals surface area contributed by atoms with E-state index in [4.69, 9.17) is 14.7 Å². The van der Waals surface area contributed by atoms with Gasteiger partial charge in [-0.3, -0.25) is 0 Å². The maximum absolute atomic E-state index is 9.53. The second-order valence-corrected chi connectivity index (χ2v) is 9.78. The molecule has 0 atom stereocenters.